The molecule has 4 aliphatic heterocycles. The number of likely N-dealkylation sites (tertiary alicyclic amines) is 2. The van der Waals surface area contributed by atoms with Gasteiger partial charge in [0.05, 0.1) is 6.04 Å². The predicted molar refractivity (Wildman–Crippen MR) is 229 cm³/mol. The molecule has 0 radical (unpaired) electrons. The maximum atomic E-state index is 15.8. The minimum Gasteiger partial charge on any atom is -0.508 e. The van der Waals surface area contributed by atoms with Crippen LogP contribution in [-0.2, 0) is 32.1 Å². The topological polar surface area (TPSA) is 119 Å². The molecule has 2 amide bonds. The minimum atomic E-state index is -1.03. The van der Waals surface area contributed by atoms with Crippen molar-refractivity contribution in [1.82, 2.24) is 20.0 Å². The molecule has 0 saturated carbocycles. The number of ketones is 1. The average molecular weight is 827 g/mol. The van der Waals surface area contributed by atoms with Gasteiger partial charge in [-0.3, -0.25) is 34.3 Å². The third-order valence-corrected chi connectivity index (χ3v) is 14.2. The number of hydrogen-bond donors (Lipinski definition) is 2. The summed E-state index contributed by atoms with van der Waals surface area (Å²) in [6.07, 6.45) is 6.58. The van der Waals surface area contributed by atoms with Gasteiger partial charge in [0.1, 0.15) is 30.0 Å². The Kier molecular flexibility index (Phi) is 12.1. The maximum absolute atomic E-state index is 15.8. The van der Waals surface area contributed by atoms with Crippen LogP contribution in [0.15, 0.2) is 84.9 Å². The number of nitrogens with one attached hydrogen (secondary N) is 1. The second-order valence-electron chi connectivity index (χ2n) is 17.8. The third-order valence-electron chi connectivity index (χ3n) is 14.2. The Balaban J connectivity index is 0.736. The van der Waals surface area contributed by atoms with Gasteiger partial charge in [-0.25, -0.2) is 4.39 Å². The quantitative estimate of drug-likeness (QED) is 0.0905. The molecule has 2 N–H and O–H groups in total. The van der Waals surface area contributed by atoms with E-state index >= 15 is 4.39 Å². The number of carbonyl (C=O) groups excluding carboxylic acids is 4. The van der Waals surface area contributed by atoms with Crippen molar-refractivity contribution in [2.24, 2.45) is 5.92 Å². The molecule has 0 spiro atoms. The normalized spacial score (nSPS) is 24.2. The van der Waals surface area contributed by atoms with Gasteiger partial charge in [-0.15, -0.1) is 0 Å². The molecular weight excluding hydrogens is 772 g/mol. The maximum Gasteiger partial charge on any atom is 0.243 e. The van der Waals surface area contributed by atoms with Gasteiger partial charge in [0.2, 0.25) is 17.6 Å². The van der Waals surface area contributed by atoms with Gasteiger partial charge in [-0.1, -0.05) is 54.6 Å². The summed E-state index contributed by atoms with van der Waals surface area (Å²) in [4.78, 5) is 55.6. The van der Waals surface area contributed by atoms with Gasteiger partial charge < -0.3 is 14.7 Å². The molecule has 61 heavy (non-hydrogen) atoms. The van der Waals surface area contributed by atoms with Crippen LogP contribution in [0, 0.1) is 11.7 Å². The molecular formula is C50H55FN4O6. The smallest absolute Gasteiger partial charge is 0.243 e. The highest BCUT2D eigenvalue weighted by Gasteiger charge is 2.44. The highest BCUT2D eigenvalue weighted by molar-refractivity contribution is 6.27. The van der Waals surface area contributed by atoms with Crippen LogP contribution in [0.4, 0.5) is 4.39 Å². The summed E-state index contributed by atoms with van der Waals surface area (Å²) in [7, 11) is 0. The first-order chi connectivity index (χ1) is 29.7. The lowest BCUT2D eigenvalue weighted by Gasteiger charge is -2.38. The van der Waals surface area contributed by atoms with E-state index in [2.05, 4.69) is 75.8 Å². The Morgan fingerprint density at radius 1 is 0.787 bits per heavy atom. The van der Waals surface area contributed by atoms with Gasteiger partial charge >= 0.3 is 0 Å². The van der Waals surface area contributed by atoms with E-state index in [0.29, 0.717) is 35.3 Å². The molecule has 5 aliphatic rings. The van der Waals surface area contributed by atoms with Crippen molar-refractivity contribution in [3.05, 3.63) is 130 Å². The molecule has 3 fully saturated rings. The first-order valence-corrected chi connectivity index (χ1v) is 22.2. The fourth-order valence-electron chi connectivity index (χ4n) is 11.0. The summed E-state index contributed by atoms with van der Waals surface area (Å²) >= 11 is 0. The van der Waals surface area contributed by atoms with Crippen molar-refractivity contribution < 1.29 is 33.4 Å². The number of phenols is 1. The van der Waals surface area contributed by atoms with Crippen LogP contribution in [0.1, 0.15) is 108 Å². The van der Waals surface area contributed by atoms with E-state index in [4.69, 9.17) is 4.74 Å². The van der Waals surface area contributed by atoms with Crippen LogP contribution in [-0.4, -0.2) is 95.6 Å². The molecule has 9 rings (SSSR count). The number of hydrogen-bond acceptors (Lipinski definition) is 9. The summed E-state index contributed by atoms with van der Waals surface area (Å²) in [6.45, 7) is 6.70. The number of ether oxygens (including phenoxy) is 1. The predicted octanol–water partition coefficient (Wildman–Crippen LogP) is 6.79. The van der Waals surface area contributed by atoms with Crippen molar-refractivity contribution in [2.75, 3.05) is 45.9 Å². The highest BCUT2D eigenvalue weighted by atomic mass is 19.1. The standard InChI is InChI=1S/C50H55FN4O6/c51-44-28-43-37(30-55(49(43)46(58)31-56)45-14-15-47(59)52-50(45)60)27-42(44)34-18-22-54(23-19-34)29-32-16-20-53(21-17-32)24-25-61-39-10-6-35(7-11-39)48-40(33-4-2-1-3-5-33)12-8-36-26-38(57)9-13-41(36)48/h1-7,9-11,13,26-28,31-32,34,40,45,48-49,57H,8,12,14-25,29-30H2,(H,52,59,60)/t40-,45?,48+,49?/m1/s1. The van der Waals surface area contributed by atoms with Crippen LogP contribution < -0.4 is 10.1 Å². The molecule has 318 valence electrons. The van der Waals surface area contributed by atoms with E-state index in [1.165, 1.54) is 28.3 Å². The Labute approximate surface area is 357 Å². The van der Waals surface area contributed by atoms with Crippen LogP contribution in [0.2, 0.25) is 0 Å². The van der Waals surface area contributed by atoms with E-state index in [0.717, 1.165) is 89.1 Å². The third kappa shape index (κ3) is 8.78. The lowest BCUT2D eigenvalue weighted by molar-refractivity contribution is -0.141. The number of carbonyl (C=O) groups is 4. The van der Waals surface area contributed by atoms with Crippen molar-refractivity contribution in [2.45, 2.75) is 87.7 Å². The monoisotopic (exact) mass is 826 g/mol. The number of aryl methyl sites for hydroxylation is 1. The number of phenolic OH excluding ortho intramolecular Hbond substituents is 1. The van der Waals surface area contributed by atoms with Crippen LogP contribution in [0.25, 0.3) is 0 Å². The molecule has 4 heterocycles. The number of aldehydes is 1. The number of benzene rings is 4. The zero-order valence-corrected chi connectivity index (χ0v) is 34.6. The van der Waals surface area contributed by atoms with Crippen molar-refractivity contribution >= 4 is 23.9 Å². The fraction of sp³-hybridized carbons (Fsp3) is 0.440. The van der Waals surface area contributed by atoms with Gasteiger partial charge in [0.15, 0.2) is 6.29 Å². The second-order valence-corrected chi connectivity index (χ2v) is 17.8. The van der Waals surface area contributed by atoms with E-state index in [1.807, 2.05) is 18.2 Å². The molecule has 3 saturated heterocycles. The Morgan fingerprint density at radius 2 is 1.54 bits per heavy atom. The summed E-state index contributed by atoms with van der Waals surface area (Å²) in [5.74, 6) is 0.524. The number of halogens is 1. The van der Waals surface area contributed by atoms with E-state index in [-0.39, 0.29) is 49.2 Å². The number of amides is 2. The zero-order chi connectivity index (χ0) is 42.0. The molecule has 0 bridgehead atoms. The molecule has 1 aliphatic carbocycles. The number of nitrogens with zero attached hydrogens (tertiary/aromatic N) is 3. The first kappa shape index (κ1) is 41.1. The van der Waals surface area contributed by atoms with Gasteiger partial charge in [-0.2, -0.15) is 0 Å². The van der Waals surface area contributed by atoms with Crippen LogP contribution >= 0.6 is 0 Å². The SMILES string of the molecule is O=CC(=O)C1c2cc(F)c(C3CCN(CC4CCN(CCOc5ccc([C@@H]6c7ccc(O)cc7CC[C@@H]6c6ccccc6)cc5)CC4)CC3)cc2CN1C1CCC(=O)NC1=O. The number of Topliss-reactive ketones (excluding diaryl/α,β-unsaturated/α-hetero) is 1. The number of aromatic hydroxyl groups is 1. The molecule has 4 atom stereocenters. The zero-order valence-electron chi connectivity index (χ0n) is 34.6. The van der Waals surface area contributed by atoms with Crippen molar-refractivity contribution in [3.63, 3.8) is 0 Å². The Bertz CT molecular complexity index is 2250. The minimum absolute atomic E-state index is 0.0510. The molecule has 11 heteroatoms. The number of piperidine rings is 3. The molecule has 10 nitrogen and oxygen atoms in total. The van der Waals surface area contributed by atoms with Gasteiger partial charge in [0, 0.05) is 32.0 Å². The molecule has 4 aromatic rings. The van der Waals surface area contributed by atoms with E-state index < -0.39 is 23.8 Å². The summed E-state index contributed by atoms with van der Waals surface area (Å²) in [6, 6.07) is 26.7. The van der Waals surface area contributed by atoms with E-state index in [1.54, 1.807) is 4.90 Å². The van der Waals surface area contributed by atoms with Gasteiger partial charge in [-0.05, 0) is 158 Å². The van der Waals surface area contributed by atoms with Crippen molar-refractivity contribution in [1.29, 1.82) is 0 Å². The fourth-order valence-corrected chi connectivity index (χ4v) is 11.0. The Morgan fingerprint density at radius 3 is 2.28 bits per heavy atom. The highest BCUT2D eigenvalue weighted by Crippen LogP contribution is 2.47. The van der Waals surface area contributed by atoms with Crippen LogP contribution in [0.5, 0.6) is 11.5 Å². The largest absolute Gasteiger partial charge is 0.508 e. The first-order valence-electron chi connectivity index (χ1n) is 22.2. The lowest BCUT2D eigenvalue weighted by atomic mass is 9.69. The number of fused-ring (bicyclic) bond motifs is 2. The molecule has 4 aromatic carbocycles. The number of rotatable bonds is 12. The lowest BCUT2D eigenvalue weighted by Crippen LogP contribution is -2.52. The van der Waals surface area contributed by atoms with Crippen LogP contribution in [0.3, 0.4) is 0 Å². The molecule has 2 unspecified atom stereocenters. The average Bonchev–Trinajstić information content (AvgIpc) is 3.64. The van der Waals surface area contributed by atoms with Gasteiger partial charge in [0.25, 0.3) is 0 Å². The Hall–Kier alpha value is -5.23. The molecule has 0 aromatic heterocycles. The number of imide groups is 1. The summed E-state index contributed by atoms with van der Waals surface area (Å²) < 4.78 is 22.1. The summed E-state index contributed by atoms with van der Waals surface area (Å²) in [5.41, 5.74) is 6.97. The van der Waals surface area contributed by atoms with E-state index in [9.17, 15) is 24.3 Å². The second kappa shape index (κ2) is 18.0. The summed E-state index contributed by atoms with van der Waals surface area (Å²) in [5, 5.41) is 12.5. The van der Waals surface area contributed by atoms with Crippen molar-refractivity contribution in [3.8, 4) is 11.5 Å².